The molecule has 0 aromatic rings. The van der Waals surface area contributed by atoms with Gasteiger partial charge in [0.15, 0.2) is 0 Å². The van der Waals surface area contributed by atoms with Gasteiger partial charge in [0.2, 0.25) is 0 Å². The Hall–Kier alpha value is -0.770. The third kappa shape index (κ3) is 7.54. The molecule has 0 unspecified atom stereocenters. The highest BCUT2D eigenvalue weighted by atomic mass is 15.6. The van der Waals surface area contributed by atoms with Gasteiger partial charge in [0, 0.05) is 6.54 Å². The van der Waals surface area contributed by atoms with E-state index in [0.29, 0.717) is 0 Å². The van der Waals surface area contributed by atoms with Crippen molar-refractivity contribution < 1.29 is 0 Å². The van der Waals surface area contributed by atoms with Crippen molar-refractivity contribution in [2.75, 3.05) is 13.2 Å². The zero-order chi connectivity index (χ0) is 13.1. The highest BCUT2D eigenvalue weighted by molar-refractivity contribution is 5.54. The van der Waals surface area contributed by atoms with Crippen molar-refractivity contribution in [3.8, 4) is 0 Å². The summed E-state index contributed by atoms with van der Waals surface area (Å²) in [7, 11) is 0. The lowest BCUT2D eigenvalue weighted by Gasteiger charge is -2.14. The van der Waals surface area contributed by atoms with E-state index in [1.165, 1.54) is 64.2 Å². The van der Waals surface area contributed by atoms with E-state index in [-0.39, 0.29) is 0 Å². The molecule has 0 aromatic carbocycles. The van der Waals surface area contributed by atoms with Crippen LogP contribution in [0.1, 0.15) is 71.1 Å². The van der Waals surface area contributed by atoms with Crippen LogP contribution in [0.2, 0.25) is 0 Å². The number of rotatable bonds is 11. The summed E-state index contributed by atoms with van der Waals surface area (Å²) >= 11 is 0. The Labute approximate surface area is 112 Å². The number of hydrogen-bond donors (Lipinski definition) is 1. The average Bonchev–Trinajstić information content (AvgIpc) is 2.77. The SMILES string of the molecule is CCCCCCCCCCCCN1CN(N)C=N1. The Bertz CT molecular complexity index is 218. The molecular formula is C14H30N4. The number of unbranched alkanes of at least 4 members (excludes halogenated alkanes) is 9. The van der Waals surface area contributed by atoms with Gasteiger partial charge < -0.3 is 0 Å². The van der Waals surface area contributed by atoms with Gasteiger partial charge in [-0.15, -0.1) is 0 Å². The Morgan fingerprint density at radius 2 is 1.50 bits per heavy atom. The minimum absolute atomic E-state index is 0.747. The topological polar surface area (TPSA) is 44.9 Å². The molecule has 18 heavy (non-hydrogen) atoms. The lowest BCUT2D eigenvalue weighted by Crippen LogP contribution is -2.32. The number of nitrogens with two attached hydrogens (primary N) is 1. The molecule has 4 nitrogen and oxygen atoms in total. The summed E-state index contributed by atoms with van der Waals surface area (Å²) in [6.07, 6.45) is 15.5. The van der Waals surface area contributed by atoms with Gasteiger partial charge in [0.1, 0.15) is 13.0 Å². The molecule has 1 aliphatic heterocycles. The van der Waals surface area contributed by atoms with Crippen LogP contribution in [0.3, 0.4) is 0 Å². The molecule has 0 atom stereocenters. The number of nitrogens with zero attached hydrogens (tertiary/aromatic N) is 3. The standard InChI is InChI=1S/C14H30N4/c1-2-3-4-5-6-7-8-9-10-11-12-18-14-17(15)13-16-18/h13H,2-12,14-15H2,1H3. The Balaban J connectivity index is 1.75. The summed E-state index contributed by atoms with van der Waals surface area (Å²) in [6.45, 7) is 4.06. The predicted molar refractivity (Wildman–Crippen MR) is 77.9 cm³/mol. The highest BCUT2D eigenvalue weighted by Crippen LogP contribution is 2.11. The first-order valence-corrected chi connectivity index (χ1v) is 7.63. The largest absolute Gasteiger partial charge is 0.278 e. The predicted octanol–water partition coefficient (Wildman–Crippen LogP) is 3.30. The fourth-order valence-corrected chi connectivity index (χ4v) is 2.31. The van der Waals surface area contributed by atoms with Crippen LogP contribution in [0.15, 0.2) is 5.10 Å². The highest BCUT2D eigenvalue weighted by Gasteiger charge is 2.08. The summed E-state index contributed by atoms with van der Waals surface area (Å²) in [4.78, 5) is 0. The lowest BCUT2D eigenvalue weighted by molar-refractivity contribution is 0.233. The van der Waals surface area contributed by atoms with Crippen molar-refractivity contribution in [3.63, 3.8) is 0 Å². The van der Waals surface area contributed by atoms with Crippen molar-refractivity contribution in [2.45, 2.75) is 71.1 Å². The maximum absolute atomic E-state index is 5.59. The van der Waals surface area contributed by atoms with Gasteiger partial charge in [0.05, 0.1) is 0 Å². The van der Waals surface area contributed by atoms with E-state index in [1.807, 2.05) is 5.01 Å². The molecule has 0 amide bonds. The van der Waals surface area contributed by atoms with Crippen LogP contribution in [0.25, 0.3) is 0 Å². The molecule has 0 saturated heterocycles. The summed E-state index contributed by atoms with van der Waals surface area (Å²) in [6, 6.07) is 0. The Morgan fingerprint density at radius 3 is 2.00 bits per heavy atom. The molecule has 1 heterocycles. The molecule has 0 bridgehead atoms. The monoisotopic (exact) mass is 254 g/mol. The van der Waals surface area contributed by atoms with Gasteiger partial charge in [-0.3, -0.25) is 10.0 Å². The molecular weight excluding hydrogens is 224 g/mol. The van der Waals surface area contributed by atoms with Crippen molar-refractivity contribution >= 4 is 6.34 Å². The van der Waals surface area contributed by atoms with E-state index in [2.05, 4.69) is 12.0 Å². The van der Waals surface area contributed by atoms with Gasteiger partial charge in [0.25, 0.3) is 0 Å². The van der Waals surface area contributed by atoms with E-state index >= 15 is 0 Å². The Morgan fingerprint density at radius 1 is 0.944 bits per heavy atom. The summed E-state index contributed by atoms with van der Waals surface area (Å²) in [5.74, 6) is 5.59. The van der Waals surface area contributed by atoms with E-state index in [1.54, 1.807) is 11.3 Å². The molecule has 4 heteroatoms. The van der Waals surface area contributed by atoms with Crippen molar-refractivity contribution in [1.82, 2.24) is 10.0 Å². The van der Waals surface area contributed by atoms with Crippen LogP contribution in [-0.2, 0) is 0 Å². The van der Waals surface area contributed by atoms with E-state index in [0.717, 1.165) is 13.2 Å². The van der Waals surface area contributed by atoms with Crippen LogP contribution < -0.4 is 5.84 Å². The molecule has 106 valence electrons. The van der Waals surface area contributed by atoms with Crippen LogP contribution in [0.5, 0.6) is 0 Å². The molecule has 2 N–H and O–H groups in total. The first-order chi connectivity index (χ1) is 8.83. The second-order valence-corrected chi connectivity index (χ2v) is 5.30. The third-order valence-electron chi connectivity index (χ3n) is 3.46. The molecule has 0 aliphatic carbocycles. The summed E-state index contributed by atoms with van der Waals surface area (Å²) in [5, 5.41) is 7.86. The van der Waals surface area contributed by atoms with Gasteiger partial charge in [-0.25, -0.2) is 5.84 Å². The fourth-order valence-electron chi connectivity index (χ4n) is 2.31. The van der Waals surface area contributed by atoms with E-state index < -0.39 is 0 Å². The maximum atomic E-state index is 5.59. The van der Waals surface area contributed by atoms with Crippen molar-refractivity contribution in [2.24, 2.45) is 10.9 Å². The van der Waals surface area contributed by atoms with Crippen LogP contribution in [0, 0.1) is 0 Å². The van der Waals surface area contributed by atoms with Gasteiger partial charge in [-0.1, -0.05) is 64.7 Å². The lowest BCUT2D eigenvalue weighted by atomic mass is 10.1. The summed E-state index contributed by atoms with van der Waals surface area (Å²) in [5.41, 5.74) is 0. The van der Waals surface area contributed by atoms with Gasteiger partial charge >= 0.3 is 0 Å². The second kappa shape index (κ2) is 10.2. The van der Waals surface area contributed by atoms with Crippen LogP contribution >= 0.6 is 0 Å². The quantitative estimate of drug-likeness (QED) is 0.454. The average molecular weight is 254 g/mol. The first-order valence-electron chi connectivity index (χ1n) is 7.63. The van der Waals surface area contributed by atoms with E-state index in [9.17, 15) is 0 Å². The first kappa shape index (κ1) is 15.3. The zero-order valence-corrected chi connectivity index (χ0v) is 12.0. The number of hydrazine groups is 1. The molecule has 0 aromatic heterocycles. The minimum Gasteiger partial charge on any atom is -0.278 e. The van der Waals surface area contributed by atoms with Gasteiger partial charge in [-0.2, -0.15) is 5.10 Å². The number of hydrogen-bond acceptors (Lipinski definition) is 4. The normalized spacial score (nSPS) is 14.8. The van der Waals surface area contributed by atoms with Crippen molar-refractivity contribution in [1.29, 1.82) is 0 Å². The molecule has 0 fully saturated rings. The smallest absolute Gasteiger partial charge is 0.127 e. The molecule has 1 rings (SSSR count). The summed E-state index contributed by atoms with van der Waals surface area (Å²) < 4.78 is 0. The van der Waals surface area contributed by atoms with E-state index in [4.69, 9.17) is 5.84 Å². The van der Waals surface area contributed by atoms with Crippen molar-refractivity contribution in [3.05, 3.63) is 0 Å². The zero-order valence-electron chi connectivity index (χ0n) is 12.0. The third-order valence-corrected chi connectivity index (χ3v) is 3.46. The van der Waals surface area contributed by atoms with Crippen LogP contribution in [0.4, 0.5) is 0 Å². The number of hydrazone groups is 1. The molecule has 1 aliphatic rings. The molecule has 0 radical (unpaired) electrons. The minimum atomic E-state index is 0.747. The van der Waals surface area contributed by atoms with Crippen LogP contribution in [-0.4, -0.2) is 29.6 Å². The van der Waals surface area contributed by atoms with Gasteiger partial charge in [-0.05, 0) is 6.42 Å². The molecule has 0 spiro atoms. The maximum Gasteiger partial charge on any atom is 0.127 e. The second-order valence-electron chi connectivity index (χ2n) is 5.30. The fraction of sp³-hybridized carbons (Fsp3) is 0.929. The molecule has 0 saturated carbocycles. The Kier molecular flexibility index (Phi) is 8.65.